The minimum atomic E-state index is -0.942. The minimum Gasteiger partial charge on any atom is -0.394 e. The summed E-state index contributed by atoms with van der Waals surface area (Å²) >= 11 is 0. The predicted molar refractivity (Wildman–Crippen MR) is 99.2 cm³/mol. The van der Waals surface area contributed by atoms with Gasteiger partial charge in [0.05, 0.1) is 41.5 Å². The summed E-state index contributed by atoms with van der Waals surface area (Å²) < 4.78 is 12.2. The molecular weight excluding hydrogens is 386 g/mol. The van der Waals surface area contributed by atoms with Gasteiger partial charge >= 0.3 is 5.69 Å². The zero-order valence-electron chi connectivity index (χ0n) is 15.6. The lowest BCUT2D eigenvalue weighted by Gasteiger charge is -2.17. The van der Waals surface area contributed by atoms with E-state index in [-0.39, 0.29) is 24.3 Å². The monoisotopic (exact) mass is 407 g/mol. The van der Waals surface area contributed by atoms with E-state index in [1.54, 1.807) is 25.1 Å². The van der Waals surface area contributed by atoms with Crippen molar-refractivity contribution in [3.8, 4) is 0 Å². The van der Waals surface area contributed by atoms with E-state index in [2.05, 4.69) is 4.98 Å². The lowest BCUT2D eigenvalue weighted by Crippen LogP contribution is -2.34. The van der Waals surface area contributed by atoms with Crippen LogP contribution in [0.25, 0.3) is 0 Å². The van der Waals surface area contributed by atoms with E-state index >= 15 is 0 Å². The highest BCUT2D eigenvalue weighted by molar-refractivity contribution is 5.41. The van der Waals surface area contributed by atoms with Crippen LogP contribution in [0.3, 0.4) is 0 Å². The van der Waals surface area contributed by atoms with Gasteiger partial charge in [-0.2, -0.15) is 0 Å². The Kier molecular flexibility index (Phi) is 6.23. The van der Waals surface area contributed by atoms with Gasteiger partial charge in [-0.1, -0.05) is 12.1 Å². The van der Waals surface area contributed by atoms with Crippen molar-refractivity contribution in [3.63, 3.8) is 0 Å². The second-order valence-corrected chi connectivity index (χ2v) is 6.70. The van der Waals surface area contributed by atoms with E-state index in [4.69, 9.17) is 9.47 Å². The third-order valence-electron chi connectivity index (χ3n) is 4.80. The summed E-state index contributed by atoms with van der Waals surface area (Å²) in [5.74, 6) is 0. The standard InChI is InChI=1S/C18H21N3O8/c1-10(12-4-2-3-5-13(12)21(26)27)28-9-11-7-20(18(25)19-17(11)24)16-6-14(23)15(8-22)29-16/h2-5,7,10,14-16,22-23H,6,8-9H2,1H3,(H,19,24,25)/t10?,14-,15-,16-/m1/s1. The van der Waals surface area contributed by atoms with Gasteiger partial charge in [0.2, 0.25) is 0 Å². The van der Waals surface area contributed by atoms with E-state index in [9.17, 15) is 29.9 Å². The maximum Gasteiger partial charge on any atom is 0.330 e. The van der Waals surface area contributed by atoms with Crippen molar-refractivity contribution in [3.05, 3.63) is 72.5 Å². The Balaban J connectivity index is 1.79. The van der Waals surface area contributed by atoms with Gasteiger partial charge in [-0.25, -0.2) is 4.79 Å². The van der Waals surface area contributed by atoms with Crippen LogP contribution >= 0.6 is 0 Å². The Morgan fingerprint density at radius 1 is 1.41 bits per heavy atom. The molecule has 1 aromatic heterocycles. The van der Waals surface area contributed by atoms with E-state index in [1.807, 2.05) is 0 Å². The Labute approximate surface area is 164 Å². The number of aliphatic hydroxyl groups is 2. The average molecular weight is 407 g/mol. The molecule has 11 nitrogen and oxygen atoms in total. The van der Waals surface area contributed by atoms with Crippen molar-refractivity contribution in [1.82, 2.24) is 9.55 Å². The normalized spacial score (nSPS) is 22.5. The quantitative estimate of drug-likeness (QED) is 0.439. The smallest absolute Gasteiger partial charge is 0.330 e. The number of nitro groups is 1. The van der Waals surface area contributed by atoms with Gasteiger partial charge in [0.1, 0.15) is 12.3 Å². The molecule has 2 heterocycles. The Bertz CT molecular complexity index is 1000. The van der Waals surface area contributed by atoms with Gasteiger partial charge in [0.15, 0.2) is 0 Å². The minimum absolute atomic E-state index is 0.0735. The highest BCUT2D eigenvalue weighted by Gasteiger charge is 2.35. The zero-order valence-corrected chi connectivity index (χ0v) is 15.6. The highest BCUT2D eigenvalue weighted by atomic mass is 16.6. The number of benzene rings is 1. The number of aromatic nitrogens is 2. The second-order valence-electron chi connectivity index (χ2n) is 6.70. The van der Waals surface area contributed by atoms with Crippen molar-refractivity contribution in [2.75, 3.05) is 6.61 Å². The summed E-state index contributed by atoms with van der Waals surface area (Å²) in [4.78, 5) is 37.1. The lowest BCUT2D eigenvalue weighted by atomic mass is 10.1. The number of aliphatic hydroxyl groups excluding tert-OH is 2. The third-order valence-corrected chi connectivity index (χ3v) is 4.80. The average Bonchev–Trinajstić information content (AvgIpc) is 3.07. The molecule has 1 aliphatic rings. The van der Waals surface area contributed by atoms with E-state index < -0.39 is 47.3 Å². The Morgan fingerprint density at radius 3 is 2.79 bits per heavy atom. The largest absolute Gasteiger partial charge is 0.394 e. The van der Waals surface area contributed by atoms with Gasteiger partial charge in [-0.15, -0.1) is 0 Å². The number of aromatic amines is 1. The SMILES string of the molecule is CC(OCc1cn([C@H]2C[C@@H](O)[C@@H](CO)O2)c(=O)[nH]c1=O)c1ccccc1[N+](=O)[O-]. The molecule has 0 spiro atoms. The maximum atomic E-state index is 12.1. The summed E-state index contributed by atoms with van der Waals surface area (Å²) in [7, 11) is 0. The number of hydrogen-bond donors (Lipinski definition) is 3. The molecule has 0 saturated carbocycles. The first-order valence-corrected chi connectivity index (χ1v) is 8.95. The van der Waals surface area contributed by atoms with Crippen molar-refractivity contribution in [2.24, 2.45) is 0 Å². The number of nitrogens with zero attached hydrogens (tertiary/aromatic N) is 2. The number of nitrogens with one attached hydrogen (secondary N) is 1. The zero-order chi connectivity index (χ0) is 21.1. The molecule has 1 fully saturated rings. The van der Waals surface area contributed by atoms with Crippen LogP contribution in [-0.4, -0.2) is 43.5 Å². The van der Waals surface area contributed by atoms with Crippen molar-refractivity contribution < 1.29 is 24.6 Å². The molecule has 3 rings (SSSR count). The van der Waals surface area contributed by atoms with Crippen LogP contribution in [0.4, 0.5) is 5.69 Å². The highest BCUT2D eigenvalue weighted by Crippen LogP contribution is 2.29. The molecule has 156 valence electrons. The molecule has 11 heteroatoms. The van der Waals surface area contributed by atoms with Gasteiger partial charge in [0.25, 0.3) is 11.2 Å². The third kappa shape index (κ3) is 4.43. The van der Waals surface area contributed by atoms with E-state index in [1.165, 1.54) is 12.3 Å². The first kappa shape index (κ1) is 20.9. The number of nitro benzene ring substituents is 1. The molecule has 0 aliphatic carbocycles. The van der Waals surface area contributed by atoms with Gasteiger partial charge in [0, 0.05) is 18.7 Å². The maximum absolute atomic E-state index is 12.1. The predicted octanol–water partition coefficient (Wildman–Crippen LogP) is 0.363. The van der Waals surface area contributed by atoms with Crippen molar-refractivity contribution >= 4 is 5.69 Å². The number of para-hydroxylation sites is 1. The molecule has 3 N–H and O–H groups in total. The summed E-state index contributed by atoms with van der Waals surface area (Å²) in [6, 6.07) is 6.12. The molecule has 1 aromatic carbocycles. The fourth-order valence-electron chi connectivity index (χ4n) is 3.20. The van der Waals surface area contributed by atoms with E-state index in [0.29, 0.717) is 5.56 Å². The van der Waals surface area contributed by atoms with Crippen LogP contribution < -0.4 is 11.2 Å². The Hall–Kier alpha value is -2.86. The number of H-pyrrole nitrogens is 1. The van der Waals surface area contributed by atoms with Crippen LogP contribution in [-0.2, 0) is 16.1 Å². The first-order chi connectivity index (χ1) is 13.8. The number of hydrogen-bond acceptors (Lipinski definition) is 8. The van der Waals surface area contributed by atoms with Gasteiger partial charge in [-0.05, 0) is 13.0 Å². The summed E-state index contributed by atoms with van der Waals surface area (Å²) in [6.45, 7) is 1.01. The number of rotatable bonds is 7. The van der Waals surface area contributed by atoms with E-state index in [0.717, 1.165) is 4.57 Å². The second kappa shape index (κ2) is 8.66. The molecule has 2 aromatic rings. The van der Waals surface area contributed by atoms with Crippen LogP contribution in [0.1, 0.15) is 36.8 Å². The van der Waals surface area contributed by atoms with Gasteiger partial charge in [-0.3, -0.25) is 24.5 Å². The molecular formula is C18H21N3O8. The Morgan fingerprint density at radius 2 is 2.14 bits per heavy atom. The molecule has 4 atom stereocenters. The molecule has 0 amide bonds. The molecule has 0 bridgehead atoms. The fraction of sp³-hybridized carbons (Fsp3) is 0.444. The fourth-order valence-corrected chi connectivity index (χ4v) is 3.20. The van der Waals surface area contributed by atoms with Crippen molar-refractivity contribution in [1.29, 1.82) is 0 Å². The molecule has 1 saturated heterocycles. The summed E-state index contributed by atoms with van der Waals surface area (Å²) in [5, 5.41) is 30.2. The molecule has 29 heavy (non-hydrogen) atoms. The number of ether oxygens (including phenoxy) is 2. The van der Waals surface area contributed by atoms with Gasteiger partial charge < -0.3 is 19.7 Å². The van der Waals surface area contributed by atoms with Crippen molar-refractivity contribution in [2.45, 2.75) is 44.5 Å². The molecule has 1 unspecified atom stereocenters. The van der Waals surface area contributed by atoms with Crippen LogP contribution in [0.2, 0.25) is 0 Å². The topological polar surface area (TPSA) is 157 Å². The molecule has 0 radical (unpaired) electrons. The summed E-state index contributed by atoms with van der Waals surface area (Å²) in [5.41, 5.74) is -1.00. The van der Waals surface area contributed by atoms with Crippen LogP contribution in [0.5, 0.6) is 0 Å². The van der Waals surface area contributed by atoms with Crippen LogP contribution in [0, 0.1) is 10.1 Å². The lowest BCUT2D eigenvalue weighted by molar-refractivity contribution is -0.386. The first-order valence-electron chi connectivity index (χ1n) is 8.95. The molecule has 1 aliphatic heterocycles. The summed E-state index contributed by atoms with van der Waals surface area (Å²) in [6.07, 6.45) is -1.95. The van der Waals surface area contributed by atoms with Crippen LogP contribution in [0.15, 0.2) is 40.1 Å².